The van der Waals surface area contributed by atoms with Crippen LogP contribution in [0.15, 0.2) is 42.6 Å². The molecule has 1 fully saturated rings. The highest BCUT2D eigenvalue weighted by molar-refractivity contribution is 6.32. The molecule has 0 spiro atoms. The number of rotatable bonds is 5. The van der Waals surface area contributed by atoms with Crippen LogP contribution in [0.2, 0.25) is 5.02 Å². The highest BCUT2D eigenvalue weighted by Gasteiger charge is 2.33. The molecule has 28 heavy (non-hydrogen) atoms. The van der Waals surface area contributed by atoms with Gasteiger partial charge in [-0.25, -0.2) is 0 Å². The van der Waals surface area contributed by atoms with Crippen molar-refractivity contribution in [1.29, 1.82) is 0 Å². The number of aromatic amines is 1. The first-order valence-corrected chi connectivity index (χ1v) is 10.2. The molecule has 1 saturated heterocycles. The van der Waals surface area contributed by atoms with Crippen LogP contribution in [0, 0.1) is 13.8 Å². The van der Waals surface area contributed by atoms with Crippen LogP contribution >= 0.6 is 11.6 Å². The lowest BCUT2D eigenvalue weighted by Crippen LogP contribution is -2.47. The summed E-state index contributed by atoms with van der Waals surface area (Å²) in [5.41, 5.74) is 3.70. The third-order valence-corrected chi connectivity index (χ3v) is 6.32. The van der Waals surface area contributed by atoms with Crippen molar-refractivity contribution in [2.24, 2.45) is 0 Å². The van der Waals surface area contributed by atoms with Gasteiger partial charge in [-0.15, -0.1) is 0 Å². The number of aryl methyl sites for hydroxylation is 2. The summed E-state index contributed by atoms with van der Waals surface area (Å²) in [7, 11) is 0. The fraction of sp³-hybridized carbons (Fsp3) is 0.391. The van der Waals surface area contributed by atoms with Gasteiger partial charge in [-0.3, -0.25) is 4.90 Å². The maximum atomic E-state index is 10.9. The molecule has 1 aliphatic rings. The number of halogens is 1. The van der Waals surface area contributed by atoms with Crippen LogP contribution in [-0.2, 0) is 6.54 Å². The second-order valence-electron chi connectivity index (χ2n) is 8.06. The molecular weight excluding hydrogens is 372 g/mol. The Morgan fingerprint density at radius 3 is 2.54 bits per heavy atom. The molecule has 1 aromatic heterocycles. The third-order valence-electron chi connectivity index (χ3n) is 5.73. The Hall–Kier alpha value is -2.01. The number of H-pyrrole nitrogens is 1. The maximum Gasteiger partial charge on any atom is 0.120 e. The Kier molecular flexibility index (Phi) is 5.37. The zero-order chi connectivity index (χ0) is 19.7. The number of hydrogen-bond acceptors (Lipinski definition) is 3. The second kappa shape index (κ2) is 7.78. The first-order valence-electron chi connectivity index (χ1n) is 9.82. The Bertz CT molecular complexity index is 951. The molecule has 4 nitrogen and oxygen atoms in total. The van der Waals surface area contributed by atoms with E-state index in [0.717, 1.165) is 41.5 Å². The van der Waals surface area contributed by atoms with Crippen LogP contribution in [-0.4, -0.2) is 40.3 Å². The molecule has 0 amide bonds. The van der Waals surface area contributed by atoms with Crippen LogP contribution in [0.25, 0.3) is 10.9 Å². The molecular formula is C23H27ClN2O2. The maximum absolute atomic E-state index is 10.9. The number of benzene rings is 2. The average Bonchev–Trinajstić information content (AvgIpc) is 3.14. The van der Waals surface area contributed by atoms with Crippen molar-refractivity contribution in [2.75, 3.05) is 19.7 Å². The molecule has 0 atom stereocenters. The van der Waals surface area contributed by atoms with E-state index in [-0.39, 0.29) is 0 Å². The Balaban J connectivity index is 1.32. The lowest BCUT2D eigenvalue weighted by atomic mass is 9.92. The monoisotopic (exact) mass is 398 g/mol. The van der Waals surface area contributed by atoms with Gasteiger partial charge in [0, 0.05) is 36.4 Å². The first kappa shape index (κ1) is 19.3. The minimum absolute atomic E-state index is 0.316. The van der Waals surface area contributed by atoms with Crippen LogP contribution in [0.1, 0.15) is 29.5 Å². The molecule has 3 aromatic rings. The first-order chi connectivity index (χ1) is 13.4. The van der Waals surface area contributed by atoms with Crippen molar-refractivity contribution in [3.8, 4) is 5.75 Å². The van der Waals surface area contributed by atoms with Gasteiger partial charge < -0.3 is 14.8 Å². The lowest BCUT2D eigenvalue weighted by molar-refractivity contribution is -0.0537. The van der Waals surface area contributed by atoms with Crippen molar-refractivity contribution in [1.82, 2.24) is 9.88 Å². The molecule has 4 rings (SSSR count). The number of aliphatic hydroxyl groups is 1. The van der Waals surface area contributed by atoms with Crippen LogP contribution in [0.5, 0.6) is 5.75 Å². The molecule has 2 aromatic carbocycles. The smallest absolute Gasteiger partial charge is 0.120 e. The minimum atomic E-state index is -0.775. The zero-order valence-corrected chi connectivity index (χ0v) is 17.2. The Labute approximate surface area is 171 Å². The largest absolute Gasteiger partial charge is 0.491 e. The normalized spacial score (nSPS) is 17.1. The van der Waals surface area contributed by atoms with Gasteiger partial charge in [0.1, 0.15) is 18.0 Å². The van der Waals surface area contributed by atoms with E-state index in [2.05, 4.69) is 34.1 Å². The Morgan fingerprint density at radius 1 is 1.11 bits per heavy atom. The number of ether oxygens (including phenoxy) is 1. The number of hydrogen-bond donors (Lipinski definition) is 2. The summed E-state index contributed by atoms with van der Waals surface area (Å²) in [6, 6.07) is 12.5. The fourth-order valence-electron chi connectivity index (χ4n) is 3.94. The van der Waals surface area contributed by atoms with E-state index < -0.39 is 5.60 Å². The van der Waals surface area contributed by atoms with Gasteiger partial charge in [0.2, 0.25) is 0 Å². The summed E-state index contributed by atoms with van der Waals surface area (Å²) in [5, 5.41) is 13.0. The van der Waals surface area contributed by atoms with Gasteiger partial charge in [0.05, 0.1) is 0 Å². The summed E-state index contributed by atoms with van der Waals surface area (Å²) < 4.78 is 5.93. The molecule has 0 aliphatic carbocycles. The number of fused-ring (bicyclic) bond motifs is 1. The van der Waals surface area contributed by atoms with Gasteiger partial charge in [0.25, 0.3) is 0 Å². The van der Waals surface area contributed by atoms with E-state index in [1.54, 1.807) is 0 Å². The standard InChI is InChI=1S/C23H27ClN2O2/c1-16-11-20(12-17(2)22(16)24)28-15-23(27)6-9-26(10-7-23)14-18-3-4-21-19(13-18)5-8-25-21/h3-5,8,11-13,25,27H,6-7,9-10,14-15H2,1-2H3. The van der Waals surface area contributed by atoms with Gasteiger partial charge in [-0.1, -0.05) is 17.7 Å². The van der Waals surface area contributed by atoms with E-state index in [1.165, 1.54) is 16.5 Å². The molecule has 0 unspecified atom stereocenters. The van der Waals surface area contributed by atoms with Crippen LogP contribution < -0.4 is 4.74 Å². The highest BCUT2D eigenvalue weighted by atomic mass is 35.5. The van der Waals surface area contributed by atoms with Gasteiger partial charge in [0.15, 0.2) is 0 Å². The van der Waals surface area contributed by atoms with Crippen molar-refractivity contribution in [3.05, 3.63) is 64.3 Å². The topological polar surface area (TPSA) is 48.5 Å². The molecule has 2 N–H and O–H groups in total. The number of nitrogens with zero attached hydrogens (tertiary/aromatic N) is 1. The number of likely N-dealkylation sites (tertiary alicyclic amines) is 1. The van der Waals surface area contributed by atoms with Gasteiger partial charge in [-0.2, -0.15) is 0 Å². The zero-order valence-electron chi connectivity index (χ0n) is 16.5. The predicted molar refractivity (Wildman–Crippen MR) is 114 cm³/mol. The quantitative estimate of drug-likeness (QED) is 0.646. The fourth-order valence-corrected chi connectivity index (χ4v) is 4.05. The summed E-state index contributed by atoms with van der Waals surface area (Å²) in [4.78, 5) is 5.63. The SMILES string of the molecule is Cc1cc(OCC2(O)CCN(Cc3ccc4[nH]ccc4c3)CC2)cc(C)c1Cl. The molecule has 1 aliphatic heterocycles. The molecule has 2 heterocycles. The van der Waals surface area contributed by atoms with Crippen LogP contribution in [0.3, 0.4) is 0 Å². The van der Waals surface area contributed by atoms with E-state index in [4.69, 9.17) is 16.3 Å². The number of piperidine rings is 1. The number of aromatic nitrogens is 1. The summed E-state index contributed by atoms with van der Waals surface area (Å²) in [5.74, 6) is 0.773. The van der Waals surface area contributed by atoms with Crippen molar-refractivity contribution >= 4 is 22.5 Å². The second-order valence-corrected chi connectivity index (χ2v) is 8.44. The van der Waals surface area contributed by atoms with Crippen LogP contribution in [0.4, 0.5) is 0 Å². The van der Waals surface area contributed by atoms with Crippen molar-refractivity contribution in [3.63, 3.8) is 0 Å². The van der Waals surface area contributed by atoms with E-state index in [1.807, 2.05) is 32.2 Å². The summed E-state index contributed by atoms with van der Waals surface area (Å²) in [6.07, 6.45) is 3.40. The van der Waals surface area contributed by atoms with E-state index >= 15 is 0 Å². The summed E-state index contributed by atoms with van der Waals surface area (Å²) in [6.45, 7) is 6.90. The predicted octanol–water partition coefficient (Wildman–Crippen LogP) is 4.84. The highest BCUT2D eigenvalue weighted by Crippen LogP contribution is 2.29. The van der Waals surface area contributed by atoms with E-state index in [0.29, 0.717) is 19.4 Å². The molecule has 0 saturated carbocycles. The Morgan fingerprint density at radius 2 is 1.82 bits per heavy atom. The van der Waals surface area contributed by atoms with Crippen molar-refractivity contribution < 1.29 is 9.84 Å². The molecule has 148 valence electrons. The molecule has 0 bridgehead atoms. The summed E-state index contributed by atoms with van der Waals surface area (Å²) >= 11 is 6.22. The number of nitrogens with one attached hydrogen (secondary N) is 1. The van der Waals surface area contributed by atoms with E-state index in [9.17, 15) is 5.11 Å². The third kappa shape index (κ3) is 4.19. The molecule has 0 radical (unpaired) electrons. The van der Waals surface area contributed by atoms with Gasteiger partial charge >= 0.3 is 0 Å². The minimum Gasteiger partial charge on any atom is -0.491 e. The van der Waals surface area contributed by atoms with Crippen molar-refractivity contribution in [2.45, 2.75) is 38.8 Å². The average molecular weight is 399 g/mol. The molecule has 5 heteroatoms. The van der Waals surface area contributed by atoms with Gasteiger partial charge in [-0.05, 0) is 79.1 Å². The lowest BCUT2D eigenvalue weighted by Gasteiger charge is -2.38.